The zero-order valence-electron chi connectivity index (χ0n) is 11.9. The molecule has 2 aliphatic rings. The van der Waals surface area contributed by atoms with Crippen LogP contribution in [0, 0.1) is 13.8 Å². The molecular formula is C14H16N2O4. The Morgan fingerprint density at radius 1 is 1.30 bits per heavy atom. The monoisotopic (exact) mass is 276 g/mol. The number of carbonyl (C=O) groups is 2. The summed E-state index contributed by atoms with van der Waals surface area (Å²) in [6.45, 7) is 7.13. The van der Waals surface area contributed by atoms with E-state index in [1.807, 2.05) is 6.92 Å². The van der Waals surface area contributed by atoms with Crippen LogP contribution in [0.1, 0.15) is 43.2 Å². The molecule has 1 N–H and O–H groups in total. The minimum Gasteiger partial charge on any atom is -0.450 e. The molecule has 3 rings (SSSR count). The van der Waals surface area contributed by atoms with E-state index < -0.39 is 5.60 Å². The normalized spacial score (nSPS) is 24.5. The van der Waals surface area contributed by atoms with Crippen LogP contribution >= 0.6 is 0 Å². The number of amides is 1. The van der Waals surface area contributed by atoms with Crippen LogP contribution in [-0.2, 0) is 14.3 Å². The lowest BCUT2D eigenvalue weighted by molar-refractivity contribution is -0.144. The maximum Gasteiger partial charge on any atom is 0.337 e. The fraction of sp³-hybridized carbons (Fsp3) is 0.500. The molecule has 1 amide bonds. The molecule has 1 atom stereocenters. The molecule has 0 radical (unpaired) electrons. The van der Waals surface area contributed by atoms with Crippen molar-refractivity contribution < 1.29 is 18.8 Å². The van der Waals surface area contributed by atoms with Crippen molar-refractivity contribution in [2.45, 2.75) is 45.6 Å². The van der Waals surface area contributed by atoms with E-state index in [9.17, 15) is 9.59 Å². The summed E-state index contributed by atoms with van der Waals surface area (Å²) in [5.41, 5.74) is 1.78. The lowest BCUT2D eigenvalue weighted by Gasteiger charge is -2.26. The molecule has 0 aromatic carbocycles. The summed E-state index contributed by atoms with van der Waals surface area (Å²) in [6, 6.07) is 0. The van der Waals surface area contributed by atoms with E-state index >= 15 is 0 Å². The fourth-order valence-corrected chi connectivity index (χ4v) is 3.01. The summed E-state index contributed by atoms with van der Waals surface area (Å²) in [7, 11) is 0. The number of nitrogens with zero attached hydrogens (tertiary/aromatic N) is 1. The number of cyclic esters (lactones) is 1. The van der Waals surface area contributed by atoms with Gasteiger partial charge in [-0.2, -0.15) is 0 Å². The van der Waals surface area contributed by atoms with Crippen LogP contribution < -0.4 is 5.32 Å². The maximum atomic E-state index is 12.2. The van der Waals surface area contributed by atoms with E-state index in [0.717, 1.165) is 5.56 Å². The van der Waals surface area contributed by atoms with Crippen molar-refractivity contribution in [1.29, 1.82) is 0 Å². The lowest BCUT2D eigenvalue weighted by atomic mass is 9.82. The van der Waals surface area contributed by atoms with Crippen LogP contribution in [0.15, 0.2) is 15.8 Å². The third-order valence-corrected chi connectivity index (χ3v) is 3.88. The van der Waals surface area contributed by atoms with E-state index in [1.54, 1.807) is 20.8 Å². The van der Waals surface area contributed by atoms with Gasteiger partial charge in [-0.25, -0.2) is 4.79 Å². The average Bonchev–Trinajstić information content (AvgIpc) is 2.77. The third-order valence-electron chi connectivity index (χ3n) is 3.88. The smallest absolute Gasteiger partial charge is 0.337 e. The quantitative estimate of drug-likeness (QED) is 0.786. The highest BCUT2D eigenvalue weighted by Crippen LogP contribution is 2.44. The van der Waals surface area contributed by atoms with Gasteiger partial charge in [0.2, 0.25) is 5.91 Å². The largest absolute Gasteiger partial charge is 0.450 e. The Morgan fingerprint density at radius 2 is 2.00 bits per heavy atom. The topological polar surface area (TPSA) is 81.4 Å². The number of nitrogens with one attached hydrogen (secondary N) is 1. The predicted molar refractivity (Wildman–Crippen MR) is 68.7 cm³/mol. The first kappa shape index (κ1) is 12.9. The number of esters is 1. The van der Waals surface area contributed by atoms with Gasteiger partial charge in [-0.15, -0.1) is 0 Å². The van der Waals surface area contributed by atoms with E-state index in [1.165, 1.54) is 0 Å². The van der Waals surface area contributed by atoms with Gasteiger partial charge in [-0.05, 0) is 27.7 Å². The Morgan fingerprint density at radius 3 is 2.60 bits per heavy atom. The Bertz CT molecular complexity index is 635. The van der Waals surface area contributed by atoms with E-state index in [0.29, 0.717) is 22.7 Å². The first-order valence-electron chi connectivity index (χ1n) is 6.52. The van der Waals surface area contributed by atoms with E-state index in [4.69, 9.17) is 9.26 Å². The SMILES string of the molecule is Cc1noc(C)c1C1CC(=O)NC2=C1C(=O)OC2(C)C. The Kier molecular flexibility index (Phi) is 2.54. The van der Waals surface area contributed by atoms with Gasteiger partial charge in [0.05, 0.1) is 17.0 Å². The summed E-state index contributed by atoms with van der Waals surface area (Å²) >= 11 is 0. The highest BCUT2D eigenvalue weighted by atomic mass is 16.6. The van der Waals surface area contributed by atoms with Crippen molar-refractivity contribution in [3.63, 3.8) is 0 Å². The highest BCUT2D eigenvalue weighted by molar-refractivity contribution is 5.99. The van der Waals surface area contributed by atoms with Crippen molar-refractivity contribution in [2.75, 3.05) is 0 Å². The van der Waals surface area contributed by atoms with Crippen molar-refractivity contribution in [3.8, 4) is 0 Å². The van der Waals surface area contributed by atoms with E-state index in [-0.39, 0.29) is 24.2 Å². The van der Waals surface area contributed by atoms with Gasteiger partial charge in [0.25, 0.3) is 0 Å². The van der Waals surface area contributed by atoms with Crippen molar-refractivity contribution in [3.05, 3.63) is 28.3 Å². The number of hydrogen-bond donors (Lipinski definition) is 1. The van der Waals surface area contributed by atoms with Crippen molar-refractivity contribution >= 4 is 11.9 Å². The Hall–Kier alpha value is -2.11. The van der Waals surface area contributed by atoms with Crippen molar-refractivity contribution in [1.82, 2.24) is 10.5 Å². The number of aryl methyl sites for hydroxylation is 2. The zero-order valence-corrected chi connectivity index (χ0v) is 11.9. The van der Waals surface area contributed by atoms with Crippen LogP contribution in [0.25, 0.3) is 0 Å². The van der Waals surface area contributed by atoms with Gasteiger partial charge in [-0.3, -0.25) is 4.79 Å². The van der Waals surface area contributed by atoms with Gasteiger partial charge < -0.3 is 14.6 Å². The molecule has 2 aliphatic heterocycles. The number of aromatic nitrogens is 1. The highest BCUT2D eigenvalue weighted by Gasteiger charge is 2.48. The molecule has 106 valence electrons. The van der Waals surface area contributed by atoms with Gasteiger partial charge in [-0.1, -0.05) is 5.16 Å². The second-order valence-electron chi connectivity index (χ2n) is 5.73. The minimum atomic E-state index is -0.806. The fourth-order valence-electron chi connectivity index (χ4n) is 3.01. The molecule has 0 saturated heterocycles. The standard InChI is InChI=1S/C14H16N2O4/c1-6-10(7(2)20-16-6)8-5-9(17)15-12-11(8)13(18)19-14(12,3)4/h8H,5H2,1-4H3,(H,15,17). The van der Waals surface area contributed by atoms with Crippen LogP contribution in [-0.4, -0.2) is 22.6 Å². The van der Waals surface area contributed by atoms with Gasteiger partial charge in [0.15, 0.2) is 0 Å². The molecule has 1 aromatic heterocycles. The molecular weight excluding hydrogens is 260 g/mol. The molecule has 0 fully saturated rings. The Balaban J connectivity index is 2.19. The summed E-state index contributed by atoms with van der Waals surface area (Å²) in [5, 5.41) is 6.68. The van der Waals surface area contributed by atoms with Gasteiger partial charge in [0, 0.05) is 17.9 Å². The van der Waals surface area contributed by atoms with Crippen molar-refractivity contribution in [2.24, 2.45) is 0 Å². The molecule has 0 spiro atoms. The lowest BCUT2D eigenvalue weighted by Crippen LogP contribution is -2.38. The minimum absolute atomic E-state index is 0.125. The molecule has 1 aromatic rings. The average molecular weight is 276 g/mol. The number of ether oxygens (including phenoxy) is 1. The first-order valence-corrected chi connectivity index (χ1v) is 6.52. The van der Waals surface area contributed by atoms with Crippen LogP contribution in [0.5, 0.6) is 0 Å². The van der Waals surface area contributed by atoms with Crippen LogP contribution in [0.4, 0.5) is 0 Å². The molecule has 0 aliphatic carbocycles. The summed E-state index contributed by atoms with van der Waals surface area (Å²) < 4.78 is 10.5. The predicted octanol–water partition coefficient (Wildman–Crippen LogP) is 1.48. The third kappa shape index (κ3) is 1.67. The number of carbonyl (C=O) groups excluding carboxylic acids is 2. The molecule has 0 bridgehead atoms. The van der Waals surface area contributed by atoms with Gasteiger partial charge in [0.1, 0.15) is 11.4 Å². The van der Waals surface area contributed by atoms with E-state index in [2.05, 4.69) is 10.5 Å². The zero-order chi connectivity index (χ0) is 14.7. The molecule has 6 nitrogen and oxygen atoms in total. The first-order chi connectivity index (χ1) is 9.31. The number of rotatable bonds is 1. The second-order valence-corrected chi connectivity index (χ2v) is 5.73. The molecule has 20 heavy (non-hydrogen) atoms. The Labute approximate surface area is 116 Å². The van der Waals surface area contributed by atoms with Gasteiger partial charge >= 0.3 is 5.97 Å². The summed E-state index contributed by atoms with van der Waals surface area (Å²) in [5.74, 6) is -0.221. The maximum absolute atomic E-state index is 12.2. The molecule has 3 heterocycles. The van der Waals surface area contributed by atoms with Crippen LogP contribution in [0.2, 0.25) is 0 Å². The summed E-state index contributed by atoms with van der Waals surface area (Å²) in [6.07, 6.45) is 0.201. The number of hydrogen-bond acceptors (Lipinski definition) is 5. The second kappa shape index (κ2) is 3.94. The molecule has 6 heteroatoms. The summed E-state index contributed by atoms with van der Waals surface area (Å²) in [4.78, 5) is 24.1. The van der Waals surface area contributed by atoms with Crippen LogP contribution in [0.3, 0.4) is 0 Å². The molecule has 1 unspecified atom stereocenters. The molecule has 0 saturated carbocycles.